The van der Waals surface area contributed by atoms with Crippen LogP contribution in [0.25, 0.3) is 0 Å². The summed E-state index contributed by atoms with van der Waals surface area (Å²) in [5.41, 5.74) is 0.684. The summed E-state index contributed by atoms with van der Waals surface area (Å²) in [7, 11) is 0. The summed E-state index contributed by atoms with van der Waals surface area (Å²) in [4.78, 5) is 10.2. The summed E-state index contributed by atoms with van der Waals surface area (Å²) in [5.74, 6) is -0.992. The molecule has 0 fully saturated rings. The largest absolute Gasteiger partial charge is 0.501 e. The molecule has 0 amide bonds. The molecule has 0 bridgehead atoms. The van der Waals surface area contributed by atoms with E-state index in [0.29, 0.717) is 12.2 Å². The molecule has 1 aliphatic rings. The summed E-state index contributed by atoms with van der Waals surface area (Å²) in [6.45, 7) is 0.656. The van der Waals surface area contributed by atoms with Crippen molar-refractivity contribution in [1.82, 2.24) is 0 Å². The second kappa shape index (κ2) is 4.11. The van der Waals surface area contributed by atoms with Gasteiger partial charge in [0, 0.05) is 0 Å². The Kier molecular flexibility index (Phi) is 3.10. The van der Waals surface area contributed by atoms with E-state index in [4.69, 9.17) is 9.84 Å². The third kappa shape index (κ3) is 2.54. The zero-order valence-corrected chi connectivity index (χ0v) is 6.69. The molecular formula is C8H12O4. The molecule has 4 nitrogen and oxygen atoms in total. The van der Waals surface area contributed by atoms with Crippen molar-refractivity contribution in [2.75, 3.05) is 6.61 Å². The monoisotopic (exact) mass is 172 g/mol. The van der Waals surface area contributed by atoms with Crippen LogP contribution in [0.1, 0.15) is 19.3 Å². The van der Waals surface area contributed by atoms with Crippen molar-refractivity contribution in [3.63, 3.8) is 0 Å². The zero-order valence-electron chi connectivity index (χ0n) is 6.69. The molecule has 0 spiro atoms. The van der Waals surface area contributed by atoms with Gasteiger partial charge < -0.3 is 14.9 Å². The molecule has 0 aliphatic carbocycles. The quantitative estimate of drug-likeness (QED) is 0.651. The maximum absolute atomic E-state index is 10.2. The van der Waals surface area contributed by atoms with Gasteiger partial charge >= 0.3 is 5.97 Å². The van der Waals surface area contributed by atoms with Gasteiger partial charge in [0.2, 0.25) is 0 Å². The van der Waals surface area contributed by atoms with Crippen molar-refractivity contribution in [3.05, 3.63) is 11.8 Å². The van der Waals surface area contributed by atoms with Crippen LogP contribution in [0.2, 0.25) is 0 Å². The average Bonchev–Trinajstić information content (AvgIpc) is 2.05. The first kappa shape index (κ1) is 9.06. The highest BCUT2D eigenvalue weighted by molar-refractivity contribution is 5.67. The minimum atomic E-state index is -0.992. The SMILES string of the molecule is O=C(O)C[C@H](O)C1=COCCC1. The molecule has 0 radical (unpaired) electrons. The van der Waals surface area contributed by atoms with Crippen LogP contribution in [0.5, 0.6) is 0 Å². The Hall–Kier alpha value is -1.03. The predicted octanol–water partition coefficient (Wildman–Crippen LogP) is 0.516. The lowest BCUT2D eigenvalue weighted by molar-refractivity contribution is -0.138. The van der Waals surface area contributed by atoms with Gasteiger partial charge in [-0.3, -0.25) is 4.79 Å². The molecule has 2 N–H and O–H groups in total. The zero-order chi connectivity index (χ0) is 8.97. The lowest BCUT2D eigenvalue weighted by Gasteiger charge is -2.17. The van der Waals surface area contributed by atoms with E-state index in [0.717, 1.165) is 12.8 Å². The minimum Gasteiger partial charge on any atom is -0.501 e. The van der Waals surface area contributed by atoms with Crippen LogP contribution >= 0.6 is 0 Å². The molecule has 0 unspecified atom stereocenters. The van der Waals surface area contributed by atoms with E-state index in [1.54, 1.807) is 0 Å². The Morgan fingerprint density at radius 2 is 2.50 bits per heavy atom. The molecule has 1 atom stereocenters. The highest BCUT2D eigenvalue weighted by atomic mass is 16.5. The van der Waals surface area contributed by atoms with Gasteiger partial charge in [-0.15, -0.1) is 0 Å². The van der Waals surface area contributed by atoms with E-state index in [9.17, 15) is 9.90 Å². The molecule has 4 heteroatoms. The van der Waals surface area contributed by atoms with E-state index in [1.807, 2.05) is 0 Å². The highest BCUT2D eigenvalue weighted by Gasteiger charge is 2.16. The Morgan fingerprint density at radius 3 is 3.00 bits per heavy atom. The minimum absolute atomic E-state index is 0.241. The Bertz CT molecular complexity index is 197. The van der Waals surface area contributed by atoms with Crippen LogP contribution in [0.15, 0.2) is 11.8 Å². The van der Waals surface area contributed by atoms with E-state index >= 15 is 0 Å². The second-order valence-corrected chi connectivity index (χ2v) is 2.78. The third-order valence-electron chi connectivity index (χ3n) is 1.76. The van der Waals surface area contributed by atoms with E-state index in [1.165, 1.54) is 6.26 Å². The number of carbonyl (C=O) groups is 1. The van der Waals surface area contributed by atoms with Gasteiger partial charge in [0.05, 0.1) is 25.4 Å². The van der Waals surface area contributed by atoms with Crippen molar-refractivity contribution >= 4 is 5.97 Å². The summed E-state index contributed by atoms with van der Waals surface area (Å²) >= 11 is 0. The van der Waals surface area contributed by atoms with Gasteiger partial charge in [-0.25, -0.2) is 0 Å². The normalized spacial score (nSPS) is 19.2. The fraction of sp³-hybridized carbons (Fsp3) is 0.625. The molecule has 68 valence electrons. The van der Waals surface area contributed by atoms with Crippen LogP contribution < -0.4 is 0 Å². The molecule has 1 aliphatic heterocycles. The maximum atomic E-state index is 10.2. The lowest BCUT2D eigenvalue weighted by atomic mass is 10.0. The number of carboxylic acids is 1. The number of aliphatic hydroxyl groups excluding tert-OH is 1. The van der Waals surface area contributed by atoms with Crippen LogP contribution in [-0.4, -0.2) is 28.9 Å². The molecule has 1 rings (SSSR count). The number of carboxylic acid groups (broad SMARTS) is 1. The molecular weight excluding hydrogens is 160 g/mol. The lowest BCUT2D eigenvalue weighted by Crippen LogP contribution is -2.18. The maximum Gasteiger partial charge on any atom is 0.306 e. The fourth-order valence-corrected chi connectivity index (χ4v) is 1.13. The van der Waals surface area contributed by atoms with Gasteiger partial charge in [0.1, 0.15) is 0 Å². The Labute approximate surface area is 70.5 Å². The third-order valence-corrected chi connectivity index (χ3v) is 1.76. The molecule has 0 aromatic heterocycles. The summed E-state index contributed by atoms with van der Waals surface area (Å²) in [6, 6.07) is 0. The summed E-state index contributed by atoms with van der Waals surface area (Å²) < 4.78 is 4.97. The van der Waals surface area contributed by atoms with Crippen molar-refractivity contribution in [2.24, 2.45) is 0 Å². The van der Waals surface area contributed by atoms with Crippen molar-refractivity contribution in [1.29, 1.82) is 0 Å². The summed E-state index contributed by atoms with van der Waals surface area (Å²) in [5, 5.41) is 17.7. The first-order valence-electron chi connectivity index (χ1n) is 3.90. The number of hydrogen-bond acceptors (Lipinski definition) is 3. The number of hydrogen-bond donors (Lipinski definition) is 2. The Morgan fingerprint density at radius 1 is 1.75 bits per heavy atom. The Balaban J connectivity index is 2.44. The predicted molar refractivity (Wildman–Crippen MR) is 41.5 cm³/mol. The number of ether oxygens (including phenoxy) is 1. The second-order valence-electron chi connectivity index (χ2n) is 2.78. The van der Waals surface area contributed by atoms with Gasteiger partial charge in [-0.05, 0) is 18.4 Å². The van der Waals surface area contributed by atoms with E-state index in [2.05, 4.69) is 0 Å². The van der Waals surface area contributed by atoms with E-state index in [-0.39, 0.29) is 6.42 Å². The smallest absolute Gasteiger partial charge is 0.306 e. The van der Waals surface area contributed by atoms with Gasteiger partial charge in [-0.2, -0.15) is 0 Å². The van der Waals surface area contributed by atoms with Crippen LogP contribution in [0.3, 0.4) is 0 Å². The van der Waals surface area contributed by atoms with Crippen molar-refractivity contribution < 1.29 is 19.7 Å². The highest BCUT2D eigenvalue weighted by Crippen LogP contribution is 2.17. The van der Waals surface area contributed by atoms with Gasteiger partial charge in [0.25, 0.3) is 0 Å². The summed E-state index contributed by atoms with van der Waals surface area (Å²) in [6.07, 6.45) is 1.92. The van der Waals surface area contributed by atoms with Crippen molar-refractivity contribution in [3.8, 4) is 0 Å². The standard InChI is InChI=1S/C8H12O4/c9-7(4-8(10)11)6-2-1-3-12-5-6/h5,7,9H,1-4H2,(H,10,11)/t7-/m0/s1. The topological polar surface area (TPSA) is 66.8 Å². The molecule has 0 aromatic carbocycles. The number of aliphatic hydroxyl groups is 1. The molecule has 0 aromatic rings. The van der Waals surface area contributed by atoms with E-state index < -0.39 is 12.1 Å². The molecule has 12 heavy (non-hydrogen) atoms. The molecule has 0 saturated carbocycles. The van der Waals surface area contributed by atoms with Gasteiger partial charge in [0.15, 0.2) is 0 Å². The average molecular weight is 172 g/mol. The first-order chi connectivity index (χ1) is 5.70. The fourth-order valence-electron chi connectivity index (χ4n) is 1.13. The van der Waals surface area contributed by atoms with Crippen LogP contribution in [-0.2, 0) is 9.53 Å². The molecule has 0 saturated heterocycles. The van der Waals surface area contributed by atoms with Crippen LogP contribution in [0.4, 0.5) is 0 Å². The van der Waals surface area contributed by atoms with Crippen molar-refractivity contribution in [2.45, 2.75) is 25.4 Å². The number of rotatable bonds is 3. The van der Waals surface area contributed by atoms with Crippen LogP contribution in [0, 0.1) is 0 Å². The van der Waals surface area contributed by atoms with Gasteiger partial charge in [-0.1, -0.05) is 0 Å². The number of aliphatic carboxylic acids is 1. The first-order valence-corrected chi connectivity index (χ1v) is 3.90. The molecule has 1 heterocycles.